The van der Waals surface area contributed by atoms with Gasteiger partial charge in [0.05, 0.1) is 0 Å². The summed E-state index contributed by atoms with van der Waals surface area (Å²) < 4.78 is 5.72. The van der Waals surface area contributed by atoms with Crippen LogP contribution in [-0.2, 0) is 14.3 Å². The van der Waals surface area contributed by atoms with E-state index in [2.05, 4.69) is 62.5 Å². The van der Waals surface area contributed by atoms with E-state index in [1.807, 2.05) is 24.3 Å². The van der Waals surface area contributed by atoms with Gasteiger partial charge in [-0.2, -0.15) is 0 Å². The molecule has 0 radical (unpaired) electrons. The lowest BCUT2D eigenvalue weighted by Crippen LogP contribution is -2.13. The molecule has 0 aromatic heterocycles. The van der Waals surface area contributed by atoms with Crippen LogP contribution >= 0.6 is 0 Å². The molecule has 0 rings (SSSR count). The zero-order valence-electron chi connectivity index (χ0n) is 25.6. The van der Waals surface area contributed by atoms with Crippen LogP contribution in [-0.4, -0.2) is 23.1 Å². The molecule has 0 heterocycles. The molecule has 0 aliphatic carbocycles. The number of unbranched alkanes of at least 4 members (excludes halogenated alkanes) is 10. The van der Waals surface area contributed by atoms with Crippen molar-refractivity contribution in [3.63, 3.8) is 0 Å². The van der Waals surface area contributed by atoms with E-state index in [0.717, 1.165) is 64.2 Å². The molecule has 0 spiro atoms. The predicted molar refractivity (Wildman–Crippen MR) is 171 cm³/mol. The number of rotatable bonds is 27. The Kier molecular flexibility index (Phi) is 28.9. The zero-order valence-corrected chi connectivity index (χ0v) is 25.6. The highest BCUT2D eigenvalue weighted by Gasteiger charge is 2.08. The van der Waals surface area contributed by atoms with Gasteiger partial charge in [-0.25, -0.2) is 0 Å². The smallest absolute Gasteiger partial charge is 0.306 e. The van der Waals surface area contributed by atoms with Crippen molar-refractivity contribution < 1.29 is 19.4 Å². The molecular formula is C36H58O4. The van der Waals surface area contributed by atoms with Gasteiger partial charge in [0, 0.05) is 12.8 Å². The lowest BCUT2D eigenvalue weighted by atomic mass is 10.1. The van der Waals surface area contributed by atoms with Crippen molar-refractivity contribution in [3.8, 4) is 0 Å². The number of carboxylic acid groups (broad SMARTS) is 1. The summed E-state index contributed by atoms with van der Waals surface area (Å²) >= 11 is 0. The Morgan fingerprint density at radius 2 is 1.00 bits per heavy atom. The van der Waals surface area contributed by atoms with Gasteiger partial charge in [0.15, 0.2) is 0 Å². The number of aliphatic carboxylic acids is 1. The van der Waals surface area contributed by atoms with Crippen LogP contribution in [0.5, 0.6) is 0 Å². The van der Waals surface area contributed by atoms with Crippen LogP contribution < -0.4 is 0 Å². The predicted octanol–water partition coefficient (Wildman–Crippen LogP) is 10.8. The van der Waals surface area contributed by atoms with E-state index in [0.29, 0.717) is 12.8 Å². The summed E-state index contributed by atoms with van der Waals surface area (Å²) in [5.41, 5.74) is 0. The standard InChI is InChI=1S/C36H58O4/c1-3-5-7-9-10-11-12-13-14-15-16-17-18-19-20-25-29-33-36(39)40-34(30-26-22-8-6-4-2)31-27-23-21-24-28-32-35(37)38/h5-8,10-11,13-14,26-27,30-31,34H,3-4,9,12,15-25,28-29,32-33H2,1-2H3,(H,37,38)/b7-5-,8-6-,11-10-,14-13-,30-26-,31-27-. The number of carbonyl (C=O) groups excluding carboxylic acids is 1. The van der Waals surface area contributed by atoms with Crippen molar-refractivity contribution >= 4 is 11.9 Å². The molecule has 0 amide bonds. The number of esters is 1. The van der Waals surface area contributed by atoms with Gasteiger partial charge in [0.25, 0.3) is 0 Å². The van der Waals surface area contributed by atoms with E-state index in [-0.39, 0.29) is 18.5 Å². The van der Waals surface area contributed by atoms with Crippen LogP contribution in [0.2, 0.25) is 0 Å². The van der Waals surface area contributed by atoms with Gasteiger partial charge in [-0.3, -0.25) is 9.59 Å². The van der Waals surface area contributed by atoms with Crippen LogP contribution in [0.1, 0.15) is 136 Å². The Morgan fingerprint density at radius 3 is 1.62 bits per heavy atom. The van der Waals surface area contributed by atoms with Gasteiger partial charge < -0.3 is 9.84 Å². The molecule has 0 saturated carbocycles. The van der Waals surface area contributed by atoms with E-state index >= 15 is 0 Å². The van der Waals surface area contributed by atoms with Crippen LogP contribution in [0.15, 0.2) is 72.9 Å². The molecule has 0 saturated heterocycles. The highest BCUT2D eigenvalue weighted by atomic mass is 16.5. The molecule has 1 N–H and O–H groups in total. The fourth-order valence-corrected chi connectivity index (χ4v) is 4.10. The van der Waals surface area contributed by atoms with Crippen molar-refractivity contribution in [3.05, 3.63) is 72.9 Å². The first-order valence-electron chi connectivity index (χ1n) is 15.9. The number of carboxylic acids is 1. The van der Waals surface area contributed by atoms with Crippen molar-refractivity contribution in [1.82, 2.24) is 0 Å². The number of ether oxygens (including phenoxy) is 1. The first kappa shape index (κ1) is 37.4. The third kappa shape index (κ3) is 29.9. The Morgan fingerprint density at radius 1 is 0.550 bits per heavy atom. The summed E-state index contributed by atoms with van der Waals surface area (Å²) in [5, 5.41) is 8.72. The first-order valence-corrected chi connectivity index (χ1v) is 15.9. The van der Waals surface area contributed by atoms with E-state index in [1.165, 1.54) is 38.5 Å². The summed E-state index contributed by atoms with van der Waals surface area (Å²) in [7, 11) is 0. The first-order chi connectivity index (χ1) is 19.6. The minimum atomic E-state index is -0.737. The Hall–Kier alpha value is -2.62. The highest BCUT2D eigenvalue weighted by molar-refractivity contribution is 5.69. The molecule has 1 atom stereocenters. The van der Waals surface area contributed by atoms with Gasteiger partial charge in [-0.1, -0.05) is 113 Å². The Labute approximate surface area is 246 Å². The van der Waals surface area contributed by atoms with Gasteiger partial charge >= 0.3 is 11.9 Å². The van der Waals surface area contributed by atoms with Crippen LogP contribution in [0.3, 0.4) is 0 Å². The Balaban J connectivity index is 4.01. The number of carbonyl (C=O) groups is 2. The Bertz CT molecular complexity index is 770. The van der Waals surface area contributed by atoms with E-state index < -0.39 is 5.97 Å². The van der Waals surface area contributed by atoms with Crippen molar-refractivity contribution in [2.45, 2.75) is 142 Å². The summed E-state index contributed by atoms with van der Waals surface area (Å²) in [6.45, 7) is 4.27. The average Bonchev–Trinajstić information content (AvgIpc) is 2.93. The maximum absolute atomic E-state index is 12.4. The van der Waals surface area contributed by atoms with E-state index in [9.17, 15) is 9.59 Å². The maximum atomic E-state index is 12.4. The second-order valence-electron chi connectivity index (χ2n) is 10.2. The monoisotopic (exact) mass is 554 g/mol. The van der Waals surface area contributed by atoms with Crippen molar-refractivity contribution in [2.24, 2.45) is 0 Å². The van der Waals surface area contributed by atoms with Crippen molar-refractivity contribution in [2.75, 3.05) is 0 Å². The average molecular weight is 555 g/mol. The van der Waals surface area contributed by atoms with E-state index in [4.69, 9.17) is 9.84 Å². The zero-order chi connectivity index (χ0) is 29.4. The lowest BCUT2D eigenvalue weighted by Gasteiger charge is -2.11. The largest absolute Gasteiger partial charge is 0.481 e. The fraction of sp³-hybridized carbons (Fsp3) is 0.611. The minimum absolute atomic E-state index is 0.135. The third-order valence-electron chi connectivity index (χ3n) is 6.39. The molecule has 0 fully saturated rings. The number of hydrogen-bond donors (Lipinski definition) is 1. The maximum Gasteiger partial charge on any atom is 0.306 e. The van der Waals surface area contributed by atoms with Crippen molar-refractivity contribution in [1.29, 1.82) is 0 Å². The SMILES string of the molecule is CC/C=C\C/C=C\C/C=C\CCCCCCCCCC(=O)OC(/C=C\C/C=C\CC)/C=C\CCCCCC(=O)O. The fourth-order valence-electron chi connectivity index (χ4n) is 4.10. The highest BCUT2D eigenvalue weighted by Crippen LogP contribution is 2.12. The minimum Gasteiger partial charge on any atom is -0.481 e. The molecule has 0 aromatic rings. The van der Waals surface area contributed by atoms with Gasteiger partial charge in [-0.15, -0.1) is 0 Å². The molecule has 4 nitrogen and oxygen atoms in total. The number of allylic oxidation sites excluding steroid dienone is 10. The second kappa shape index (κ2) is 30.9. The number of hydrogen-bond acceptors (Lipinski definition) is 3. The molecule has 226 valence electrons. The molecule has 1 unspecified atom stereocenters. The molecule has 0 bridgehead atoms. The van der Waals surface area contributed by atoms with E-state index in [1.54, 1.807) is 0 Å². The molecule has 0 aliphatic heterocycles. The topological polar surface area (TPSA) is 63.6 Å². The summed E-state index contributed by atoms with van der Waals surface area (Å²) in [6, 6.07) is 0. The quantitative estimate of drug-likeness (QED) is 0.0623. The lowest BCUT2D eigenvalue weighted by molar-refractivity contribution is -0.145. The molecule has 0 aromatic carbocycles. The van der Waals surface area contributed by atoms with Gasteiger partial charge in [0.1, 0.15) is 6.10 Å². The summed E-state index contributed by atoms with van der Waals surface area (Å²) in [6.07, 6.45) is 43.8. The summed E-state index contributed by atoms with van der Waals surface area (Å²) in [5.74, 6) is -0.872. The second-order valence-corrected chi connectivity index (χ2v) is 10.2. The van der Waals surface area contributed by atoms with Crippen LogP contribution in [0.4, 0.5) is 0 Å². The molecule has 40 heavy (non-hydrogen) atoms. The summed E-state index contributed by atoms with van der Waals surface area (Å²) in [4.78, 5) is 23.0. The van der Waals surface area contributed by atoms with Gasteiger partial charge in [-0.05, 0) is 82.8 Å². The third-order valence-corrected chi connectivity index (χ3v) is 6.39. The van der Waals surface area contributed by atoms with Crippen LogP contribution in [0, 0.1) is 0 Å². The van der Waals surface area contributed by atoms with Crippen LogP contribution in [0.25, 0.3) is 0 Å². The molecular weight excluding hydrogens is 496 g/mol. The molecule has 0 aliphatic rings. The van der Waals surface area contributed by atoms with Gasteiger partial charge in [0.2, 0.25) is 0 Å². The normalized spacial score (nSPS) is 13.2. The molecule has 4 heteroatoms.